The Hall–Kier alpha value is -1.55. The molecule has 2 heterocycles. The molecule has 2 unspecified atom stereocenters. The van der Waals surface area contributed by atoms with E-state index < -0.39 is 6.10 Å². The van der Waals surface area contributed by atoms with E-state index in [4.69, 9.17) is 9.47 Å². The van der Waals surface area contributed by atoms with Crippen molar-refractivity contribution >= 4 is 5.97 Å². The number of aliphatic hydroxyl groups is 1. The first-order chi connectivity index (χ1) is 11.7. The van der Waals surface area contributed by atoms with Crippen molar-refractivity contribution in [2.45, 2.75) is 90.4 Å². The van der Waals surface area contributed by atoms with Gasteiger partial charge in [0, 0.05) is 18.4 Å². The van der Waals surface area contributed by atoms with Gasteiger partial charge in [-0.2, -0.15) is 0 Å². The summed E-state index contributed by atoms with van der Waals surface area (Å²) in [5.74, 6) is 1.21. The molecule has 0 bridgehead atoms. The third kappa shape index (κ3) is 3.84. The zero-order chi connectivity index (χ0) is 18.4. The molecule has 3 rings (SSSR count). The summed E-state index contributed by atoms with van der Waals surface area (Å²) in [7, 11) is 0. The fraction of sp³-hybridized carbons (Fsp3) is 0.667. The van der Waals surface area contributed by atoms with Crippen molar-refractivity contribution in [2.75, 3.05) is 0 Å². The van der Waals surface area contributed by atoms with E-state index in [9.17, 15) is 9.90 Å². The van der Waals surface area contributed by atoms with Gasteiger partial charge >= 0.3 is 5.97 Å². The third-order valence-electron chi connectivity index (χ3n) is 5.30. The highest BCUT2D eigenvalue weighted by Gasteiger charge is 2.35. The van der Waals surface area contributed by atoms with Gasteiger partial charge in [-0.25, -0.2) is 0 Å². The molecule has 0 aromatic heterocycles. The van der Waals surface area contributed by atoms with Crippen molar-refractivity contribution in [2.24, 2.45) is 0 Å². The highest BCUT2D eigenvalue weighted by atomic mass is 16.5. The molecular formula is C21H30O4. The summed E-state index contributed by atoms with van der Waals surface area (Å²) < 4.78 is 11.7. The van der Waals surface area contributed by atoms with Gasteiger partial charge in [0.05, 0.1) is 12.5 Å². The number of esters is 1. The van der Waals surface area contributed by atoms with Gasteiger partial charge in [-0.1, -0.05) is 19.9 Å². The fourth-order valence-corrected chi connectivity index (χ4v) is 4.11. The molecule has 0 saturated carbocycles. The van der Waals surface area contributed by atoms with Crippen LogP contribution in [-0.2, 0) is 22.4 Å². The van der Waals surface area contributed by atoms with E-state index in [0.29, 0.717) is 12.3 Å². The summed E-state index contributed by atoms with van der Waals surface area (Å²) in [5, 5.41) is 9.80. The summed E-state index contributed by atoms with van der Waals surface area (Å²) in [4.78, 5) is 11.5. The van der Waals surface area contributed by atoms with Crippen molar-refractivity contribution in [3.63, 3.8) is 0 Å². The highest BCUT2D eigenvalue weighted by molar-refractivity contribution is 5.71. The molecule has 1 saturated heterocycles. The molecule has 1 aromatic carbocycles. The maximum Gasteiger partial charge on any atom is 0.308 e. The molecule has 4 heteroatoms. The number of hydrogen-bond donors (Lipinski definition) is 1. The van der Waals surface area contributed by atoms with Crippen molar-refractivity contribution in [3.05, 3.63) is 28.3 Å². The first-order valence-corrected chi connectivity index (χ1v) is 9.38. The van der Waals surface area contributed by atoms with Crippen molar-refractivity contribution in [1.82, 2.24) is 0 Å². The zero-order valence-electron chi connectivity index (χ0n) is 16.0. The van der Waals surface area contributed by atoms with Crippen LogP contribution in [0.5, 0.6) is 5.75 Å². The molecule has 1 fully saturated rings. The summed E-state index contributed by atoms with van der Waals surface area (Å²) >= 11 is 0. The second-order valence-corrected chi connectivity index (χ2v) is 8.51. The van der Waals surface area contributed by atoms with Gasteiger partial charge in [0.2, 0.25) is 0 Å². The lowest BCUT2D eigenvalue weighted by Gasteiger charge is -2.26. The Bertz CT molecular complexity index is 675. The van der Waals surface area contributed by atoms with E-state index in [1.165, 1.54) is 22.3 Å². The minimum atomic E-state index is -0.573. The number of benzene rings is 1. The summed E-state index contributed by atoms with van der Waals surface area (Å²) in [5.41, 5.74) is 4.99. The van der Waals surface area contributed by atoms with Crippen LogP contribution in [-0.4, -0.2) is 28.9 Å². The minimum absolute atomic E-state index is 0.116. The van der Waals surface area contributed by atoms with E-state index in [1.54, 1.807) is 0 Å². The van der Waals surface area contributed by atoms with Crippen LogP contribution in [0, 0.1) is 6.92 Å². The lowest BCUT2D eigenvalue weighted by atomic mass is 9.87. The Balaban J connectivity index is 1.85. The predicted molar refractivity (Wildman–Crippen MR) is 97.1 cm³/mol. The zero-order valence-corrected chi connectivity index (χ0v) is 16.0. The highest BCUT2D eigenvalue weighted by Crippen LogP contribution is 2.44. The Kier molecular flexibility index (Phi) is 4.84. The smallest absolute Gasteiger partial charge is 0.308 e. The Morgan fingerprint density at radius 3 is 2.72 bits per heavy atom. The third-order valence-corrected chi connectivity index (χ3v) is 5.30. The number of cyclic esters (lactones) is 1. The van der Waals surface area contributed by atoms with Crippen LogP contribution in [0.2, 0.25) is 0 Å². The first kappa shape index (κ1) is 18.2. The Morgan fingerprint density at radius 1 is 1.36 bits per heavy atom. The number of fused-ring (bicyclic) bond motifs is 1. The van der Waals surface area contributed by atoms with Crippen LogP contribution in [0.15, 0.2) is 6.07 Å². The summed E-state index contributed by atoms with van der Waals surface area (Å²) in [6, 6.07) is 2.30. The van der Waals surface area contributed by atoms with Crippen LogP contribution in [0.25, 0.3) is 0 Å². The SMILES string of the molecule is Cc1cc(C(C)C)c2c(c1CCC1CC(O)CC(=O)O1)OC(C)(C)C2. The van der Waals surface area contributed by atoms with Gasteiger partial charge in [-0.15, -0.1) is 0 Å². The average Bonchev–Trinajstić information content (AvgIpc) is 2.79. The Morgan fingerprint density at radius 2 is 2.08 bits per heavy atom. The molecule has 138 valence electrons. The van der Waals surface area contributed by atoms with Crippen LogP contribution in [0.3, 0.4) is 0 Å². The predicted octanol–water partition coefficient (Wildman–Crippen LogP) is 3.83. The molecule has 25 heavy (non-hydrogen) atoms. The summed E-state index contributed by atoms with van der Waals surface area (Å²) in [6.07, 6.45) is 2.32. The Labute approximate surface area is 150 Å². The topological polar surface area (TPSA) is 55.8 Å². The van der Waals surface area contributed by atoms with E-state index in [-0.39, 0.29) is 24.1 Å². The van der Waals surface area contributed by atoms with Gasteiger partial charge in [-0.05, 0) is 56.2 Å². The fourth-order valence-electron chi connectivity index (χ4n) is 4.11. The van der Waals surface area contributed by atoms with Crippen LogP contribution < -0.4 is 4.74 Å². The van der Waals surface area contributed by atoms with Gasteiger partial charge < -0.3 is 14.6 Å². The molecule has 0 spiro atoms. The number of ether oxygens (including phenoxy) is 2. The average molecular weight is 346 g/mol. The van der Waals surface area contributed by atoms with Gasteiger partial charge in [0.1, 0.15) is 17.5 Å². The van der Waals surface area contributed by atoms with Gasteiger partial charge in [-0.3, -0.25) is 4.79 Å². The normalized spacial score (nSPS) is 24.8. The molecule has 1 N–H and O–H groups in total. The molecule has 0 aliphatic carbocycles. The maximum atomic E-state index is 11.5. The number of carbonyl (C=O) groups excluding carboxylic acids is 1. The van der Waals surface area contributed by atoms with Crippen LogP contribution >= 0.6 is 0 Å². The van der Waals surface area contributed by atoms with E-state index >= 15 is 0 Å². The monoisotopic (exact) mass is 346 g/mol. The first-order valence-electron chi connectivity index (χ1n) is 9.38. The number of aliphatic hydroxyl groups excluding tert-OH is 1. The number of hydrogen-bond acceptors (Lipinski definition) is 4. The van der Waals surface area contributed by atoms with E-state index in [1.807, 2.05) is 0 Å². The molecule has 0 amide bonds. The molecular weight excluding hydrogens is 316 g/mol. The minimum Gasteiger partial charge on any atom is -0.487 e. The quantitative estimate of drug-likeness (QED) is 0.842. The van der Waals surface area contributed by atoms with Crippen LogP contribution in [0.4, 0.5) is 0 Å². The molecule has 2 atom stereocenters. The molecule has 1 aromatic rings. The number of carbonyl (C=O) groups is 1. The second kappa shape index (κ2) is 6.64. The maximum absolute atomic E-state index is 11.5. The molecule has 2 aliphatic rings. The van der Waals surface area contributed by atoms with Crippen molar-refractivity contribution in [3.8, 4) is 5.75 Å². The second-order valence-electron chi connectivity index (χ2n) is 8.51. The molecule has 4 nitrogen and oxygen atoms in total. The van der Waals surface area contributed by atoms with Gasteiger partial charge in [0.15, 0.2) is 0 Å². The molecule has 2 aliphatic heterocycles. The van der Waals surface area contributed by atoms with E-state index in [2.05, 4.69) is 40.7 Å². The summed E-state index contributed by atoms with van der Waals surface area (Å²) in [6.45, 7) is 10.9. The lowest BCUT2D eigenvalue weighted by molar-refractivity contribution is -0.160. The lowest BCUT2D eigenvalue weighted by Crippen LogP contribution is -2.32. The van der Waals surface area contributed by atoms with Crippen molar-refractivity contribution in [1.29, 1.82) is 0 Å². The number of rotatable bonds is 4. The van der Waals surface area contributed by atoms with Gasteiger partial charge in [0.25, 0.3) is 0 Å². The largest absolute Gasteiger partial charge is 0.487 e. The molecule has 0 radical (unpaired) electrons. The standard InChI is InChI=1S/C21H30O4/c1-12(2)17-8-13(3)16(20-18(17)11-21(4,5)25-20)7-6-15-9-14(22)10-19(23)24-15/h8,12,14-15,22H,6-7,9-11H2,1-5H3. The van der Waals surface area contributed by atoms with Crippen molar-refractivity contribution < 1.29 is 19.4 Å². The number of aryl methyl sites for hydroxylation is 1. The van der Waals surface area contributed by atoms with E-state index in [0.717, 1.165) is 25.0 Å². The van der Waals surface area contributed by atoms with Crippen LogP contribution in [0.1, 0.15) is 75.1 Å².